The number of anilines is 1. The molecule has 0 aliphatic carbocycles. The largest absolute Gasteiger partial charge is 0.454 e. The van der Waals surface area contributed by atoms with Gasteiger partial charge in [0, 0.05) is 29.7 Å². The van der Waals surface area contributed by atoms with Crippen LogP contribution in [-0.4, -0.2) is 28.0 Å². The van der Waals surface area contributed by atoms with Crippen LogP contribution in [0.3, 0.4) is 0 Å². The summed E-state index contributed by atoms with van der Waals surface area (Å²) in [5, 5.41) is 1.31. The van der Waals surface area contributed by atoms with E-state index in [1.807, 2.05) is 48.5 Å². The molecule has 3 aromatic heterocycles. The number of benzene rings is 2. The Kier molecular flexibility index (Phi) is 4.61. The molecule has 7 nitrogen and oxygen atoms in total. The van der Waals surface area contributed by atoms with Gasteiger partial charge in [0.15, 0.2) is 5.76 Å². The monoisotopic (exact) mass is 438 g/mol. The molecular weight excluding hydrogens is 416 g/mol. The molecule has 0 unspecified atom stereocenters. The Morgan fingerprint density at radius 2 is 1.67 bits per heavy atom. The van der Waals surface area contributed by atoms with Crippen LogP contribution in [0.1, 0.15) is 19.3 Å². The van der Waals surface area contributed by atoms with Gasteiger partial charge in [-0.25, -0.2) is 9.78 Å². The zero-order valence-electron chi connectivity index (χ0n) is 17.9. The molecule has 7 heteroatoms. The molecule has 33 heavy (non-hydrogen) atoms. The van der Waals surface area contributed by atoms with Gasteiger partial charge >= 0.3 is 5.69 Å². The first kappa shape index (κ1) is 19.5. The lowest BCUT2D eigenvalue weighted by Crippen LogP contribution is -2.29. The van der Waals surface area contributed by atoms with E-state index < -0.39 is 11.2 Å². The maximum Gasteiger partial charge on any atom is 0.327 e. The third-order valence-electron chi connectivity index (χ3n) is 6.28. The van der Waals surface area contributed by atoms with Crippen LogP contribution in [-0.2, 0) is 0 Å². The second-order valence-electron chi connectivity index (χ2n) is 8.43. The van der Waals surface area contributed by atoms with E-state index in [1.165, 1.54) is 24.9 Å². The first-order chi connectivity index (χ1) is 16.2. The molecule has 164 valence electrons. The minimum Gasteiger partial charge on any atom is -0.454 e. The van der Waals surface area contributed by atoms with Crippen molar-refractivity contribution < 1.29 is 4.42 Å². The summed E-state index contributed by atoms with van der Waals surface area (Å²) in [5.41, 5.74) is 3.22. The molecule has 0 saturated carbocycles. The van der Waals surface area contributed by atoms with Crippen molar-refractivity contribution in [2.45, 2.75) is 19.3 Å². The van der Waals surface area contributed by atoms with Gasteiger partial charge in [-0.1, -0.05) is 30.3 Å². The van der Waals surface area contributed by atoms with Crippen LogP contribution in [0.2, 0.25) is 0 Å². The Bertz CT molecular complexity index is 1560. The number of hydrogen-bond acceptors (Lipinski definition) is 5. The van der Waals surface area contributed by atoms with Crippen LogP contribution in [0, 0.1) is 0 Å². The quantitative estimate of drug-likeness (QED) is 0.426. The Morgan fingerprint density at radius 3 is 2.45 bits per heavy atom. The molecule has 1 aliphatic rings. The second kappa shape index (κ2) is 7.78. The smallest absolute Gasteiger partial charge is 0.327 e. The van der Waals surface area contributed by atoms with Crippen LogP contribution < -0.4 is 16.1 Å². The van der Waals surface area contributed by atoms with Crippen LogP contribution >= 0.6 is 0 Å². The van der Waals surface area contributed by atoms with E-state index in [9.17, 15) is 9.59 Å². The minimum atomic E-state index is -0.590. The van der Waals surface area contributed by atoms with E-state index in [0.29, 0.717) is 22.4 Å². The molecule has 0 amide bonds. The first-order valence-electron chi connectivity index (χ1n) is 11.2. The van der Waals surface area contributed by atoms with E-state index in [0.717, 1.165) is 29.6 Å². The second-order valence-corrected chi connectivity index (χ2v) is 8.43. The first-order valence-corrected chi connectivity index (χ1v) is 11.2. The van der Waals surface area contributed by atoms with E-state index >= 15 is 0 Å². The lowest BCUT2D eigenvalue weighted by molar-refractivity contribution is 0.578. The molecule has 1 saturated heterocycles. The number of aromatic nitrogens is 3. The van der Waals surface area contributed by atoms with Crippen molar-refractivity contribution in [2.24, 2.45) is 0 Å². The Balaban J connectivity index is 1.52. The summed E-state index contributed by atoms with van der Waals surface area (Å²) in [5.74, 6) is 0.574. The molecule has 1 aliphatic heterocycles. The predicted octanol–water partition coefficient (Wildman–Crippen LogP) is 4.68. The van der Waals surface area contributed by atoms with Gasteiger partial charge in [0.2, 0.25) is 0 Å². The fraction of sp³-hybridized carbons (Fsp3) is 0.192. The highest BCUT2D eigenvalue weighted by Crippen LogP contribution is 2.33. The number of aromatic amines is 2. The highest BCUT2D eigenvalue weighted by atomic mass is 16.3. The molecule has 2 aromatic carbocycles. The lowest BCUT2D eigenvalue weighted by Gasteiger charge is -2.28. The summed E-state index contributed by atoms with van der Waals surface area (Å²) in [4.78, 5) is 36.7. The lowest BCUT2D eigenvalue weighted by atomic mass is 10.0. The molecule has 2 N–H and O–H groups in total. The number of para-hydroxylation sites is 1. The van der Waals surface area contributed by atoms with Crippen LogP contribution in [0.25, 0.3) is 44.6 Å². The molecule has 1 fully saturated rings. The zero-order valence-corrected chi connectivity index (χ0v) is 17.9. The SMILES string of the molecule is O=c1[nH]c(=O)c2c(-c3ccc(N4CCCCC4)cc3)cc(-c3cc4ccccc4o3)nc2[nH]1. The topological polar surface area (TPSA) is 95.0 Å². The Hall–Kier alpha value is -4.13. The van der Waals surface area contributed by atoms with Crippen LogP contribution in [0.4, 0.5) is 5.69 Å². The van der Waals surface area contributed by atoms with Gasteiger partial charge in [-0.3, -0.25) is 14.8 Å². The number of hydrogen-bond donors (Lipinski definition) is 2. The number of pyridine rings is 1. The molecule has 4 heterocycles. The Morgan fingerprint density at radius 1 is 0.879 bits per heavy atom. The summed E-state index contributed by atoms with van der Waals surface area (Å²) < 4.78 is 6.01. The van der Waals surface area contributed by atoms with Gasteiger partial charge in [-0.15, -0.1) is 0 Å². The van der Waals surface area contributed by atoms with Gasteiger partial charge in [0.05, 0.1) is 5.39 Å². The van der Waals surface area contributed by atoms with Crippen LogP contribution in [0.15, 0.2) is 74.7 Å². The van der Waals surface area contributed by atoms with Crippen molar-refractivity contribution in [3.05, 3.63) is 81.5 Å². The molecule has 6 rings (SSSR count). The maximum atomic E-state index is 12.7. The summed E-state index contributed by atoms with van der Waals surface area (Å²) in [6.07, 6.45) is 3.70. The van der Waals surface area contributed by atoms with Gasteiger partial charge < -0.3 is 9.32 Å². The third-order valence-corrected chi connectivity index (χ3v) is 6.28. The average molecular weight is 438 g/mol. The van der Waals surface area contributed by atoms with Gasteiger partial charge in [0.25, 0.3) is 5.56 Å². The number of rotatable bonds is 3. The molecule has 0 bridgehead atoms. The van der Waals surface area contributed by atoms with Crippen LogP contribution in [0.5, 0.6) is 0 Å². The van der Waals surface area contributed by atoms with Crippen molar-refractivity contribution in [3.63, 3.8) is 0 Å². The van der Waals surface area contributed by atoms with E-state index in [1.54, 1.807) is 0 Å². The standard InChI is InChI=1S/C26H22N4O3/c31-25-23-19(16-8-10-18(11-9-16)30-12-4-1-5-13-30)15-20(27-24(23)28-26(32)29-25)22-14-17-6-2-3-7-21(17)33-22/h2-3,6-11,14-15H,1,4-5,12-13H2,(H2,27,28,29,31,32). The summed E-state index contributed by atoms with van der Waals surface area (Å²) in [7, 11) is 0. The molecule has 0 spiro atoms. The summed E-state index contributed by atoms with van der Waals surface area (Å²) in [6, 6.07) is 19.7. The van der Waals surface area contributed by atoms with Gasteiger partial charge in [-0.05, 0) is 55.2 Å². The summed E-state index contributed by atoms with van der Waals surface area (Å²) in [6.45, 7) is 2.13. The fourth-order valence-corrected chi connectivity index (χ4v) is 4.64. The van der Waals surface area contributed by atoms with E-state index in [4.69, 9.17) is 4.42 Å². The average Bonchev–Trinajstić information content (AvgIpc) is 3.28. The number of nitrogens with one attached hydrogen (secondary N) is 2. The highest BCUT2D eigenvalue weighted by molar-refractivity contribution is 5.95. The predicted molar refractivity (Wildman–Crippen MR) is 130 cm³/mol. The highest BCUT2D eigenvalue weighted by Gasteiger charge is 2.17. The molecular formula is C26H22N4O3. The number of fused-ring (bicyclic) bond motifs is 2. The van der Waals surface area contributed by atoms with E-state index in [-0.39, 0.29) is 5.65 Å². The van der Waals surface area contributed by atoms with Crippen molar-refractivity contribution in [3.8, 4) is 22.6 Å². The number of furan rings is 1. The zero-order chi connectivity index (χ0) is 22.4. The van der Waals surface area contributed by atoms with Gasteiger partial charge in [-0.2, -0.15) is 0 Å². The van der Waals surface area contributed by atoms with Crippen molar-refractivity contribution >= 4 is 27.7 Å². The third kappa shape index (κ3) is 3.51. The fourth-order valence-electron chi connectivity index (χ4n) is 4.64. The molecule has 0 radical (unpaired) electrons. The van der Waals surface area contributed by atoms with Crippen molar-refractivity contribution in [1.29, 1.82) is 0 Å². The van der Waals surface area contributed by atoms with Crippen molar-refractivity contribution in [1.82, 2.24) is 15.0 Å². The molecule has 5 aromatic rings. The van der Waals surface area contributed by atoms with E-state index in [2.05, 4.69) is 32.0 Å². The number of nitrogens with zero attached hydrogens (tertiary/aromatic N) is 2. The number of piperidine rings is 1. The summed E-state index contributed by atoms with van der Waals surface area (Å²) >= 11 is 0. The Labute approximate surface area is 188 Å². The maximum absolute atomic E-state index is 12.7. The number of H-pyrrole nitrogens is 2. The van der Waals surface area contributed by atoms with Crippen molar-refractivity contribution in [2.75, 3.05) is 18.0 Å². The molecule has 0 atom stereocenters. The normalized spacial score (nSPS) is 14.2. The minimum absolute atomic E-state index is 0.233. The van der Waals surface area contributed by atoms with Gasteiger partial charge in [0.1, 0.15) is 16.9 Å².